The van der Waals surface area contributed by atoms with Gasteiger partial charge in [0, 0.05) is 24.8 Å². The fraction of sp³-hybridized carbons (Fsp3) is 0.118. The largest absolute Gasteiger partial charge is 0.496 e. The van der Waals surface area contributed by atoms with Crippen molar-refractivity contribution in [2.75, 3.05) is 12.4 Å². The summed E-state index contributed by atoms with van der Waals surface area (Å²) < 4.78 is 6.98. The van der Waals surface area contributed by atoms with Crippen molar-refractivity contribution < 1.29 is 9.53 Å². The minimum atomic E-state index is -0.173. The van der Waals surface area contributed by atoms with Crippen LogP contribution in [0.1, 0.15) is 6.92 Å². The zero-order chi connectivity index (χ0) is 16.2. The van der Waals surface area contributed by atoms with Gasteiger partial charge < -0.3 is 10.1 Å². The first kappa shape index (κ1) is 14.8. The summed E-state index contributed by atoms with van der Waals surface area (Å²) in [6.45, 7) is 1.46. The highest BCUT2D eigenvalue weighted by Crippen LogP contribution is 2.31. The molecule has 0 aliphatic heterocycles. The van der Waals surface area contributed by atoms with E-state index in [0.29, 0.717) is 23.1 Å². The molecule has 0 fully saturated rings. The second-order valence-corrected chi connectivity index (χ2v) is 4.90. The number of carbonyl (C=O) groups is 1. The molecule has 23 heavy (non-hydrogen) atoms. The van der Waals surface area contributed by atoms with Crippen LogP contribution in [0.2, 0.25) is 0 Å². The van der Waals surface area contributed by atoms with Crippen LogP contribution in [-0.2, 0) is 4.79 Å². The van der Waals surface area contributed by atoms with Crippen molar-refractivity contribution >= 4 is 11.7 Å². The predicted molar refractivity (Wildman–Crippen MR) is 87.7 cm³/mol. The molecule has 0 bridgehead atoms. The summed E-state index contributed by atoms with van der Waals surface area (Å²) in [5, 5.41) is 7.35. The van der Waals surface area contributed by atoms with E-state index in [1.165, 1.54) is 6.92 Å². The van der Waals surface area contributed by atoms with Crippen molar-refractivity contribution in [1.29, 1.82) is 0 Å². The SMILES string of the molecule is COc1ccccc1-c1cc(NC(C)=O)n(-c2ccccn2)n1. The maximum Gasteiger partial charge on any atom is 0.222 e. The van der Waals surface area contributed by atoms with E-state index in [2.05, 4.69) is 15.4 Å². The van der Waals surface area contributed by atoms with Crippen molar-refractivity contribution in [2.24, 2.45) is 0 Å². The molecule has 0 saturated carbocycles. The number of anilines is 1. The van der Waals surface area contributed by atoms with E-state index in [0.717, 1.165) is 5.56 Å². The van der Waals surface area contributed by atoms with Crippen molar-refractivity contribution in [3.8, 4) is 22.8 Å². The molecule has 2 heterocycles. The van der Waals surface area contributed by atoms with E-state index in [-0.39, 0.29) is 5.91 Å². The molecule has 116 valence electrons. The van der Waals surface area contributed by atoms with Crippen LogP contribution in [0.15, 0.2) is 54.7 Å². The Labute approximate surface area is 133 Å². The Morgan fingerprint density at radius 1 is 1.17 bits per heavy atom. The Hall–Kier alpha value is -3.15. The molecule has 6 heteroatoms. The molecule has 1 amide bonds. The van der Waals surface area contributed by atoms with Gasteiger partial charge in [-0.3, -0.25) is 4.79 Å². The lowest BCUT2D eigenvalue weighted by molar-refractivity contribution is -0.114. The normalized spacial score (nSPS) is 10.3. The molecule has 0 aliphatic carbocycles. The maximum absolute atomic E-state index is 11.5. The Morgan fingerprint density at radius 2 is 1.96 bits per heavy atom. The molecule has 3 rings (SSSR count). The first-order valence-electron chi connectivity index (χ1n) is 7.11. The number of para-hydroxylation sites is 1. The highest BCUT2D eigenvalue weighted by atomic mass is 16.5. The lowest BCUT2D eigenvalue weighted by atomic mass is 10.1. The van der Waals surface area contributed by atoms with Gasteiger partial charge in [-0.2, -0.15) is 9.78 Å². The smallest absolute Gasteiger partial charge is 0.222 e. The van der Waals surface area contributed by atoms with Crippen molar-refractivity contribution in [3.05, 3.63) is 54.7 Å². The third-order valence-corrected chi connectivity index (χ3v) is 3.26. The lowest BCUT2D eigenvalue weighted by Crippen LogP contribution is -2.11. The number of nitrogens with one attached hydrogen (secondary N) is 1. The fourth-order valence-corrected chi connectivity index (χ4v) is 2.29. The van der Waals surface area contributed by atoms with Crippen LogP contribution >= 0.6 is 0 Å². The molecule has 0 spiro atoms. The summed E-state index contributed by atoms with van der Waals surface area (Å²) in [6.07, 6.45) is 1.68. The average molecular weight is 308 g/mol. The second-order valence-electron chi connectivity index (χ2n) is 4.90. The summed E-state index contributed by atoms with van der Waals surface area (Å²) in [4.78, 5) is 15.8. The number of aromatic nitrogens is 3. The van der Waals surface area contributed by atoms with Gasteiger partial charge in [-0.15, -0.1) is 0 Å². The molecule has 1 N–H and O–H groups in total. The number of hydrogen-bond acceptors (Lipinski definition) is 4. The van der Waals surface area contributed by atoms with Crippen LogP contribution in [0.4, 0.5) is 5.82 Å². The zero-order valence-electron chi connectivity index (χ0n) is 12.9. The molecule has 0 unspecified atom stereocenters. The maximum atomic E-state index is 11.5. The summed E-state index contributed by atoms with van der Waals surface area (Å²) in [5.74, 6) is 1.72. The summed E-state index contributed by atoms with van der Waals surface area (Å²) in [5.41, 5.74) is 1.54. The van der Waals surface area contributed by atoms with Gasteiger partial charge in [0.15, 0.2) is 5.82 Å². The van der Waals surface area contributed by atoms with Gasteiger partial charge in [-0.25, -0.2) is 4.98 Å². The number of pyridine rings is 1. The molecule has 0 aliphatic rings. The zero-order valence-corrected chi connectivity index (χ0v) is 12.9. The van der Waals surface area contributed by atoms with Gasteiger partial charge in [0.25, 0.3) is 0 Å². The Morgan fingerprint density at radius 3 is 2.65 bits per heavy atom. The molecular formula is C17H16N4O2. The third kappa shape index (κ3) is 3.06. The van der Waals surface area contributed by atoms with Gasteiger partial charge in [0.1, 0.15) is 11.6 Å². The number of nitrogens with zero attached hydrogens (tertiary/aromatic N) is 3. The number of hydrogen-bond donors (Lipinski definition) is 1. The van der Waals surface area contributed by atoms with Gasteiger partial charge in [-0.05, 0) is 24.3 Å². The topological polar surface area (TPSA) is 69.0 Å². The number of carbonyl (C=O) groups excluding carboxylic acids is 1. The van der Waals surface area contributed by atoms with E-state index >= 15 is 0 Å². The van der Waals surface area contributed by atoms with Crippen LogP contribution in [-0.4, -0.2) is 27.8 Å². The molecule has 0 radical (unpaired) electrons. The standard InChI is InChI=1S/C17H16N4O2/c1-12(22)19-17-11-14(13-7-3-4-8-15(13)23-2)20-21(17)16-9-5-6-10-18-16/h3-11H,1-2H3,(H,19,22). The fourth-order valence-electron chi connectivity index (χ4n) is 2.29. The number of methoxy groups -OCH3 is 1. The quantitative estimate of drug-likeness (QED) is 0.804. The minimum Gasteiger partial charge on any atom is -0.496 e. The van der Waals surface area contributed by atoms with E-state index in [4.69, 9.17) is 4.74 Å². The first-order chi connectivity index (χ1) is 11.2. The molecule has 1 aromatic carbocycles. The highest BCUT2D eigenvalue weighted by Gasteiger charge is 2.15. The summed E-state index contributed by atoms with van der Waals surface area (Å²) >= 11 is 0. The molecule has 2 aromatic heterocycles. The highest BCUT2D eigenvalue weighted by molar-refractivity contribution is 5.89. The van der Waals surface area contributed by atoms with E-state index in [1.54, 1.807) is 24.1 Å². The van der Waals surface area contributed by atoms with Crippen LogP contribution in [0.25, 0.3) is 17.1 Å². The average Bonchev–Trinajstić information content (AvgIpc) is 2.98. The molecule has 0 atom stereocenters. The van der Waals surface area contributed by atoms with Crippen molar-refractivity contribution in [2.45, 2.75) is 6.92 Å². The van der Waals surface area contributed by atoms with Gasteiger partial charge in [0.2, 0.25) is 5.91 Å². The number of amides is 1. The third-order valence-electron chi connectivity index (χ3n) is 3.26. The summed E-state index contributed by atoms with van der Waals surface area (Å²) in [7, 11) is 1.61. The molecule has 6 nitrogen and oxygen atoms in total. The van der Waals surface area contributed by atoms with Crippen LogP contribution in [0, 0.1) is 0 Å². The Kier molecular flexibility index (Phi) is 4.05. The van der Waals surface area contributed by atoms with E-state index < -0.39 is 0 Å². The van der Waals surface area contributed by atoms with Gasteiger partial charge in [-0.1, -0.05) is 18.2 Å². The van der Waals surface area contributed by atoms with E-state index in [1.807, 2.05) is 42.5 Å². The van der Waals surface area contributed by atoms with Crippen molar-refractivity contribution in [3.63, 3.8) is 0 Å². The first-order valence-corrected chi connectivity index (χ1v) is 7.11. The van der Waals surface area contributed by atoms with Crippen LogP contribution in [0.5, 0.6) is 5.75 Å². The van der Waals surface area contributed by atoms with Gasteiger partial charge >= 0.3 is 0 Å². The predicted octanol–water partition coefficient (Wildman–Crippen LogP) is 2.90. The van der Waals surface area contributed by atoms with Crippen molar-refractivity contribution in [1.82, 2.24) is 14.8 Å². The number of benzene rings is 1. The molecule has 3 aromatic rings. The van der Waals surface area contributed by atoms with Crippen LogP contribution in [0.3, 0.4) is 0 Å². The Balaban J connectivity index is 2.13. The van der Waals surface area contributed by atoms with Crippen LogP contribution < -0.4 is 10.1 Å². The minimum absolute atomic E-state index is 0.173. The van der Waals surface area contributed by atoms with Gasteiger partial charge in [0.05, 0.1) is 12.8 Å². The second kappa shape index (κ2) is 6.31. The van der Waals surface area contributed by atoms with E-state index in [9.17, 15) is 4.79 Å². The molecule has 0 saturated heterocycles. The monoisotopic (exact) mass is 308 g/mol. The lowest BCUT2D eigenvalue weighted by Gasteiger charge is -2.06. The summed E-state index contributed by atoms with van der Waals surface area (Å²) in [6, 6.07) is 14.9. The Bertz CT molecular complexity index is 828. The molecular weight excluding hydrogens is 292 g/mol. The number of ether oxygens (including phenoxy) is 1. The number of rotatable bonds is 4.